The van der Waals surface area contributed by atoms with Crippen molar-refractivity contribution in [3.8, 4) is 0 Å². The van der Waals surface area contributed by atoms with Crippen molar-refractivity contribution < 1.29 is 24.2 Å². The van der Waals surface area contributed by atoms with Gasteiger partial charge in [-0.15, -0.1) is 0 Å². The molecule has 17 heavy (non-hydrogen) atoms. The number of rotatable bonds is 2. The fourth-order valence-corrected chi connectivity index (χ4v) is 4.15. The number of alkyl halides is 1. The van der Waals surface area contributed by atoms with Gasteiger partial charge in [-0.1, -0.05) is 29.8 Å². The van der Waals surface area contributed by atoms with Crippen molar-refractivity contribution in [2.24, 2.45) is 10.8 Å². The summed E-state index contributed by atoms with van der Waals surface area (Å²) in [4.78, 5) is 35.5. The Balaban J connectivity index is 2.70. The monoisotopic (exact) mass is 304 g/mol. The van der Waals surface area contributed by atoms with Gasteiger partial charge in [0.05, 0.1) is 5.33 Å². The molecule has 6 heteroatoms. The van der Waals surface area contributed by atoms with E-state index in [1.54, 1.807) is 13.8 Å². The first-order valence-corrected chi connectivity index (χ1v) is 6.44. The van der Waals surface area contributed by atoms with E-state index in [1.807, 2.05) is 0 Å². The van der Waals surface area contributed by atoms with Gasteiger partial charge in [0.25, 0.3) is 0 Å². The predicted molar refractivity (Wildman–Crippen MR) is 60.7 cm³/mol. The van der Waals surface area contributed by atoms with E-state index in [9.17, 15) is 19.5 Å². The fourth-order valence-electron chi connectivity index (χ4n) is 3.03. The zero-order valence-corrected chi connectivity index (χ0v) is 11.2. The van der Waals surface area contributed by atoms with Crippen LogP contribution in [0.25, 0.3) is 0 Å². The molecule has 1 N–H and O–H groups in total. The van der Waals surface area contributed by atoms with Crippen LogP contribution in [-0.2, 0) is 19.1 Å². The maximum absolute atomic E-state index is 12.0. The largest absolute Gasteiger partial charge is 0.480 e. The second kappa shape index (κ2) is 3.31. The van der Waals surface area contributed by atoms with E-state index < -0.39 is 28.4 Å². The van der Waals surface area contributed by atoms with Crippen molar-refractivity contribution in [1.29, 1.82) is 0 Å². The van der Waals surface area contributed by atoms with Gasteiger partial charge in [0.1, 0.15) is 0 Å². The molecule has 0 aromatic rings. The van der Waals surface area contributed by atoms with Gasteiger partial charge in [0.15, 0.2) is 16.8 Å². The Bertz CT molecular complexity index is 430. The van der Waals surface area contributed by atoms with Crippen LogP contribution in [0.15, 0.2) is 0 Å². The summed E-state index contributed by atoms with van der Waals surface area (Å²) in [5.41, 5.74) is -4.00. The third kappa shape index (κ3) is 1.07. The maximum atomic E-state index is 12.0. The first-order valence-electron chi connectivity index (χ1n) is 5.32. The van der Waals surface area contributed by atoms with Gasteiger partial charge >= 0.3 is 11.9 Å². The zero-order valence-electron chi connectivity index (χ0n) is 9.58. The highest BCUT2D eigenvalue weighted by atomic mass is 79.9. The third-order valence-electron chi connectivity index (χ3n) is 4.42. The summed E-state index contributed by atoms with van der Waals surface area (Å²) in [5, 5.41) is 9.52. The van der Waals surface area contributed by atoms with Crippen molar-refractivity contribution in [2.45, 2.75) is 32.3 Å². The Morgan fingerprint density at radius 2 is 2.06 bits per heavy atom. The lowest BCUT2D eigenvalue weighted by Gasteiger charge is -2.45. The number of carbonyl (C=O) groups is 3. The minimum atomic E-state index is -1.60. The number of hydrogen-bond acceptors (Lipinski definition) is 4. The molecule has 0 radical (unpaired) electrons. The second-order valence-electron chi connectivity index (χ2n) is 5.11. The number of hydrogen-bond donors (Lipinski definition) is 1. The summed E-state index contributed by atoms with van der Waals surface area (Å²) in [6, 6.07) is 0. The number of carboxylic acid groups (broad SMARTS) is 1. The van der Waals surface area contributed by atoms with Crippen LogP contribution < -0.4 is 0 Å². The van der Waals surface area contributed by atoms with Gasteiger partial charge in [-0.2, -0.15) is 0 Å². The first-order chi connectivity index (χ1) is 7.76. The van der Waals surface area contributed by atoms with Gasteiger partial charge in [-0.25, -0.2) is 0 Å². The summed E-state index contributed by atoms with van der Waals surface area (Å²) >= 11 is 3.18. The molecule has 2 atom stereocenters. The quantitative estimate of drug-likeness (QED) is 0.470. The number of halogens is 1. The van der Waals surface area contributed by atoms with Crippen molar-refractivity contribution in [1.82, 2.24) is 0 Å². The van der Waals surface area contributed by atoms with E-state index in [1.165, 1.54) is 0 Å². The molecule has 5 nitrogen and oxygen atoms in total. The van der Waals surface area contributed by atoms with Crippen LogP contribution in [0.3, 0.4) is 0 Å². The Kier molecular flexibility index (Phi) is 2.44. The molecule has 1 heterocycles. The molecule has 1 saturated heterocycles. The Labute approximate surface area is 107 Å². The molecular formula is C11H13BrO5. The Morgan fingerprint density at radius 1 is 1.47 bits per heavy atom. The lowest BCUT2D eigenvalue weighted by atomic mass is 9.53. The molecule has 2 aliphatic rings. The SMILES string of the molecule is CC1(C)C2(CBr)OC(=O)C1(C(=O)O)CCC2=O. The fraction of sp³-hybridized carbons (Fsp3) is 0.727. The molecule has 0 amide bonds. The molecule has 94 valence electrons. The standard InChI is InChI=1S/C11H13BrO5/c1-9(2)10(7(14)15)4-3-6(13)11(9,5-12)17-8(10)16/h3-5H2,1-2H3,(H,14,15). The number of esters is 1. The smallest absolute Gasteiger partial charge is 0.325 e. The topological polar surface area (TPSA) is 80.7 Å². The van der Waals surface area contributed by atoms with Crippen LogP contribution in [0, 0.1) is 10.8 Å². The van der Waals surface area contributed by atoms with Crippen molar-refractivity contribution >= 4 is 33.7 Å². The number of carboxylic acids is 1. The van der Waals surface area contributed by atoms with Crippen molar-refractivity contribution in [2.75, 3.05) is 5.33 Å². The van der Waals surface area contributed by atoms with Gasteiger partial charge in [-0.3, -0.25) is 14.4 Å². The number of carbonyl (C=O) groups excluding carboxylic acids is 2. The molecule has 0 aromatic carbocycles. The normalized spacial score (nSPS) is 39.0. The highest BCUT2D eigenvalue weighted by Gasteiger charge is 2.78. The highest BCUT2D eigenvalue weighted by molar-refractivity contribution is 9.09. The Morgan fingerprint density at radius 3 is 2.53 bits per heavy atom. The molecule has 2 fully saturated rings. The van der Waals surface area contributed by atoms with Crippen LogP contribution in [0.1, 0.15) is 26.7 Å². The summed E-state index contributed by atoms with van der Waals surface area (Å²) in [5.74, 6) is -2.20. The van der Waals surface area contributed by atoms with Gasteiger partial charge in [0.2, 0.25) is 0 Å². The Hall–Kier alpha value is -0.910. The second-order valence-corrected chi connectivity index (χ2v) is 5.67. The van der Waals surface area contributed by atoms with E-state index in [2.05, 4.69) is 15.9 Å². The summed E-state index contributed by atoms with van der Waals surface area (Å²) < 4.78 is 5.20. The molecule has 0 aromatic heterocycles. The van der Waals surface area contributed by atoms with Crippen LogP contribution in [-0.4, -0.2) is 33.8 Å². The molecule has 1 aliphatic heterocycles. The molecule has 0 spiro atoms. The van der Waals surface area contributed by atoms with E-state index >= 15 is 0 Å². The highest BCUT2D eigenvalue weighted by Crippen LogP contribution is 2.62. The van der Waals surface area contributed by atoms with Crippen LogP contribution >= 0.6 is 15.9 Å². The van der Waals surface area contributed by atoms with E-state index in [0.717, 1.165) is 0 Å². The van der Waals surface area contributed by atoms with Crippen LogP contribution in [0.4, 0.5) is 0 Å². The van der Waals surface area contributed by atoms with Crippen LogP contribution in [0.5, 0.6) is 0 Å². The lowest BCUT2D eigenvalue weighted by Crippen LogP contribution is -2.61. The number of aliphatic carboxylic acids is 1. The van der Waals surface area contributed by atoms with Gasteiger partial charge in [0, 0.05) is 11.8 Å². The average molecular weight is 305 g/mol. The number of fused-ring (bicyclic) bond motifs is 2. The third-order valence-corrected chi connectivity index (χ3v) is 5.21. The van der Waals surface area contributed by atoms with E-state index in [0.29, 0.717) is 0 Å². The minimum Gasteiger partial charge on any atom is -0.480 e. The van der Waals surface area contributed by atoms with Crippen molar-refractivity contribution in [3.63, 3.8) is 0 Å². The van der Waals surface area contributed by atoms with Gasteiger partial charge < -0.3 is 9.84 Å². The number of Topliss-reactive ketones (excluding diaryl/α,β-unsaturated/α-hetero) is 1. The molecule has 2 rings (SSSR count). The maximum Gasteiger partial charge on any atom is 0.325 e. The summed E-state index contributed by atoms with van der Waals surface area (Å²) in [6.45, 7) is 3.23. The van der Waals surface area contributed by atoms with Gasteiger partial charge in [-0.05, 0) is 6.42 Å². The predicted octanol–water partition coefficient (Wildman–Crippen LogP) is 1.14. The van der Waals surface area contributed by atoms with Crippen LogP contribution in [0.2, 0.25) is 0 Å². The number of ether oxygens (including phenoxy) is 1. The molecular weight excluding hydrogens is 292 g/mol. The van der Waals surface area contributed by atoms with E-state index in [-0.39, 0.29) is 24.0 Å². The summed E-state index contributed by atoms with van der Waals surface area (Å²) in [6.07, 6.45) is 0.0782. The lowest BCUT2D eigenvalue weighted by molar-refractivity contribution is -0.165. The van der Waals surface area contributed by atoms with Crippen molar-refractivity contribution in [3.05, 3.63) is 0 Å². The molecule has 1 aliphatic carbocycles. The first kappa shape index (κ1) is 12.5. The van der Waals surface area contributed by atoms with E-state index in [4.69, 9.17) is 4.74 Å². The molecule has 2 unspecified atom stereocenters. The summed E-state index contributed by atoms with van der Waals surface area (Å²) in [7, 11) is 0. The average Bonchev–Trinajstić information content (AvgIpc) is 2.33. The number of ketones is 1. The minimum absolute atomic E-state index is 0.0156. The molecule has 1 saturated carbocycles. The zero-order chi connectivity index (χ0) is 13.1. The molecule has 2 bridgehead atoms.